The number of ether oxygens (including phenoxy) is 2. The molecule has 19 heavy (non-hydrogen) atoms. The molecule has 0 spiro atoms. The van der Waals surface area contributed by atoms with Crippen LogP contribution < -0.4 is 4.74 Å². The fourth-order valence-electron chi connectivity index (χ4n) is 1.52. The zero-order valence-electron chi connectivity index (χ0n) is 11.1. The van der Waals surface area contributed by atoms with Gasteiger partial charge in [-0.05, 0) is 25.0 Å². The van der Waals surface area contributed by atoms with Gasteiger partial charge in [-0.1, -0.05) is 24.3 Å². The number of carbonyl (C=O) groups excluding carboxylic acids is 2. The van der Waals surface area contributed by atoms with Crippen molar-refractivity contribution in [1.82, 2.24) is 0 Å². The molecule has 0 aliphatic carbocycles. The molecular formula is C15H18O4. The summed E-state index contributed by atoms with van der Waals surface area (Å²) in [4.78, 5) is 22.3. The topological polar surface area (TPSA) is 52.6 Å². The molecule has 0 saturated heterocycles. The van der Waals surface area contributed by atoms with Crippen LogP contribution in [0.4, 0.5) is 0 Å². The molecule has 0 aliphatic heterocycles. The lowest BCUT2D eigenvalue weighted by molar-refractivity contribution is -0.137. The molecule has 102 valence electrons. The third kappa shape index (κ3) is 5.97. The van der Waals surface area contributed by atoms with Crippen molar-refractivity contribution in [2.24, 2.45) is 0 Å². The maximum atomic E-state index is 11.5. The first-order valence-electron chi connectivity index (χ1n) is 6.10. The van der Waals surface area contributed by atoms with E-state index in [4.69, 9.17) is 9.47 Å². The highest BCUT2D eigenvalue weighted by atomic mass is 16.5. The molecule has 0 amide bonds. The molecule has 0 heterocycles. The number of carbonyl (C=O) groups is 2. The summed E-state index contributed by atoms with van der Waals surface area (Å²) in [5.41, 5.74) is 0.878. The summed E-state index contributed by atoms with van der Waals surface area (Å²) in [6.07, 6.45) is 2.11. The lowest BCUT2D eigenvalue weighted by Gasteiger charge is -2.09. The summed E-state index contributed by atoms with van der Waals surface area (Å²) in [6.45, 7) is 5.93. The Morgan fingerprint density at radius 1 is 1.32 bits per heavy atom. The Kier molecular flexibility index (Phi) is 6.53. The predicted octanol–water partition coefficient (Wildman–Crippen LogP) is 2.32. The minimum atomic E-state index is -0.535. The van der Waals surface area contributed by atoms with E-state index in [-0.39, 0.29) is 12.2 Å². The van der Waals surface area contributed by atoms with Crippen LogP contribution in [0.5, 0.6) is 5.75 Å². The third-order valence-electron chi connectivity index (χ3n) is 2.34. The van der Waals surface area contributed by atoms with Crippen LogP contribution in [0.2, 0.25) is 0 Å². The second kappa shape index (κ2) is 8.21. The number of hydrogen-bond acceptors (Lipinski definition) is 4. The van der Waals surface area contributed by atoms with Crippen molar-refractivity contribution in [1.29, 1.82) is 0 Å². The number of esters is 1. The van der Waals surface area contributed by atoms with Gasteiger partial charge >= 0.3 is 5.97 Å². The third-order valence-corrected chi connectivity index (χ3v) is 2.34. The monoisotopic (exact) mass is 262 g/mol. The Morgan fingerprint density at radius 2 is 2.05 bits per heavy atom. The van der Waals surface area contributed by atoms with E-state index in [1.165, 1.54) is 6.92 Å². The Bertz CT molecular complexity index is 451. The molecule has 0 bridgehead atoms. The van der Waals surface area contributed by atoms with Gasteiger partial charge in [0, 0.05) is 0 Å². The molecule has 1 aromatic carbocycles. The zero-order chi connectivity index (χ0) is 14.1. The van der Waals surface area contributed by atoms with Gasteiger partial charge in [0.2, 0.25) is 0 Å². The first kappa shape index (κ1) is 15.1. The normalized spacial score (nSPS) is 9.95. The van der Waals surface area contributed by atoms with Crippen LogP contribution in [0.15, 0.2) is 36.9 Å². The van der Waals surface area contributed by atoms with E-state index in [1.54, 1.807) is 18.2 Å². The van der Waals surface area contributed by atoms with Crippen molar-refractivity contribution in [2.45, 2.75) is 19.8 Å². The number of Topliss-reactive ketones (excluding diaryl/α,β-unsaturated/α-hetero) is 1. The summed E-state index contributed by atoms with van der Waals surface area (Å²) < 4.78 is 10.5. The molecule has 1 aromatic rings. The minimum absolute atomic E-state index is 0.207. The largest absolute Gasteiger partial charge is 0.426 e. The van der Waals surface area contributed by atoms with Gasteiger partial charge in [-0.25, -0.2) is 0 Å². The molecule has 4 heteroatoms. The van der Waals surface area contributed by atoms with E-state index in [0.29, 0.717) is 25.4 Å². The summed E-state index contributed by atoms with van der Waals surface area (Å²) in [7, 11) is 0. The number of benzene rings is 1. The van der Waals surface area contributed by atoms with Gasteiger partial charge in [-0.2, -0.15) is 0 Å². The van der Waals surface area contributed by atoms with Crippen molar-refractivity contribution in [3.05, 3.63) is 42.5 Å². The van der Waals surface area contributed by atoms with Crippen molar-refractivity contribution in [3.8, 4) is 5.75 Å². The Morgan fingerprint density at radius 3 is 2.74 bits per heavy atom. The number of rotatable bonds is 8. The molecule has 0 radical (unpaired) electrons. The van der Waals surface area contributed by atoms with E-state index in [1.807, 2.05) is 12.1 Å². The molecule has 4 nitrogen and oxygen atoms in total. The summed E-state index contributed by atoms with van der Waals surface area (Å²) >= 11 is 0. The van der Waals surface area contributed by atoms with Gasteiger partial charge in [0.25, 0.3) is 0 Å². The van der Waals surface area contributed by atoms with Crippen LogP contribution >= 0.6 is 0 Å². The molecule has 0 atom stereocenters. The molecule has 1 rings (SSSR count). The van der Waals surface area contributed by atoms with Crippen LogP contribution in [0.1, 0.15) is 18.9 Å². The number of hydrogen-bond donors (Lipinski definition) is 0. The van der Waals surface area contributed by atoms with E-state index < -0.39 is 5.97 Å². The van der Waals surface area contributed by atoms with Gasteiger partial charge in [0.05, 0.1) is 13.2 Å². The van der Waals surface area contributed by atoms with Gasteiger partial charge in [-0.3, -0.25) is 9.59 Å². The van der Waals surface area contributed by atoms with Crippen molar-refractivity contribution >= 4 is 11.8 Å². The van der Waals surface area contributed by atoms with Crippen molar-refractivity contribution in [3.63, 3.8) is 0 Å². The fraction of sp³-hybridized carbons (Fsp3) is 0.333. The summed E-state index contributed by atoms with van der Waals surface area (Å²) in [6, 6.07) is 7.23. The van der Waals surface area contributed by atoms with Crippen LogP contribution in [0, 0.1) is 0 Å². The second-order valence-corrected chi connectivity index (χ2v) is 4.07. The second-order valence-electron chi connectivity index (χ2n) is 4.07. The zero-order valence-corrected chi connectivity index (χ0v) is 11.1. The van der Waals surface area contributed by atoms with E-state index in [9.17, 15) is 9.59 Å². The molecule has 0 fully saturated rings. The highest BCUT2D eigenvalue weighted by Crippen LogP contribution is 2.19. The first-order chi connectivity index (χ1) is 9.13. The van der Waals surface area contributed by atoms with Crippen LogP contribution in [-0.4, -0.2) is 25.0 Å². The smallest absolute Gasteiger partial charge is 0.318 e. The quantitative estimate of drug-likeness (QED) is 0.237. The van der Waals surface area contributed by atoms with E-state index in [0.717, 1.165) is 5.56 Å². The highest BCUT2D eigenvalue weighted by molar-refractivity contribution is 5.95. The summed E-state index contributed by atoms with van der Waals surface area (Å²) in [5.74, 6) is -0.264. The first-order valence-corrected chi connectivity index (χ1v) is 6.10. The molecule has 0 N–H and O–H groups in total. The maximum absolute atomic E-state index is 11.5. The lowest BCUT2D eigenvalue weighted by Crippen LogP contribution is -2.13. The number of para-hydroxylation sites is 1. The van der Waals surface area contributed by atoms with Crippen LogP contribution in [-0.2, 0) is 20.7 Å². The van der Waals surface area contributed by atoms with Gasteiger partial charge in [-0.15, -0.1) is 6.58 Å². The van der Waals surface area contributed by atoms with E-state index in [2.05, 4.69) is 6.58 Å². The van der Waals surface area contributed by atoms with Gasteiger partial charge < -0.3 is 9.47 Å². The Hall–Kier alpha value is -1.94. The van der Waals surface area contributed by atoms with Gasteiger partial charge in [0.1, 0.15) is 18.0 Å². The van der Waals surface area contributed by atoms with Crippen LogP contribution in [0.3, 0.4) is 0 Å². The maximum Gasteiger partial charge on any atom is 0.318 e. The average Bonchev–Trinajstić information content (AvgIpc) is 2.35. The minimum Gasteiger partial charge on any atom is -0.426 e. The van der Waals surface area contributed by atoms with Crippen molar-refractivity contribution in [2.75, 3.05) is 13.2 Å². The lowest BCUT2D eigenvalue weighted by atomic mass is 10.1. The average molecular weight is 262 g/mol. The highest BCUT2D eigenvalue weighted by Gasteiger charge is 2.10. The SMILES string of the molecule is C=CCOCCc1ccccc1OC(=O)CC(C)=O. The molecule has 0 aromatic heterocycles. The summed E-state index contributed by atoms with van der Waals surface area (Å²) in [5, 5.41) is 0. The number of ketones is 1. The molecule has 0 saturated carbocycles. The molecular weight excluding hydrogens is 244 g/mol. The van der Waals surface area contributed by atoms with Crippen molar-refractivity contribution < 1.29 is 19.1 Å². The van der Waals surface area contributed by atoms with E-state index >= 15 is 0 Å². The van der Waals surface area contributed by atoms with Gasteiger partial charge in [0.15, 0.2) is 0 Å². The molecule has 0 unspecified atom stereocenters. The fourth-order valence-corrected chi connectivity index (χ4v) is 1.52. The standard InChI is InChI=1S/C15H18O4/c1-3-9-18-10-8-13-6-4-5-7-14(13)19-15(17)11-12(2)16/h3-7H,1,8-11H2,2H3. The Labute approximate surface area is 113 Å². The molecule has 0 aliphatic rings. The Balaban J connectivity index is 2.59. The predicted molar refractivity (Wildman–Crippen MR) is 72.1 cm³/mol. The van der Waals surface area contributed by atoms with Crippen LogP contribution in [0.25, 0.3) is 0 Å².